The molecule has 0 spiro atoms. The van der Waals surface area contributed by atoms with Crippen LogP contribution >= 0.6 is 0 Å². The smallest absolute Gasteiger partial charge is 0.353 e. The van der Waals surface area contributed by atoms with E-state index in [-0.39, 0.29) is 17.6 Å². The van der Waals surface area contributed by atoms with Crippen LogP contribution in [0.2, 0.25) is 0 Å². The van der Waals surface area contributed by atoms with E-state index in [2.05, 4.69) is 25.2 Å². The number of piperazine rings is 1. The zero-order chi connectivity index (χ0) is 19.3. The van der Waals surface area contributed by atoms with Gasteiger partial charge in [0.15, 0.2) is 0 Å². The second-order valence-corrected chi connectivity index (χ2v) is 6.83. The SMILES string of the molecule is O=[N+]([O-])c1c(NCC2CCCO2)ncnc1N1CCN(c2ccccn2)CC1. The number of anilines is 3. The van der Waals surface area contributed by atoms with Crippen molar-refractivity contribution in [2.45, 2.75) is 18.9 Å². The van der Waals surface area contributed by atoms with Crippen molar-refractivity contribution in [3.8, 4) is 0 Å². The standard InChI is InChI=1S/C18H23N7O3/c26-25(27)16-17(20-12-14-4-3-11-28-14)21-13-22-18(16)24-9-7-23(8-10-24)15-5-1-2-6-19-15/h1-2,5-6,13-14H,3-4,7-12H2,(H,20,21,22). The highest BCUT2D eigenvalue weighted by Gasteiger charge is 2.30. The summed E-state index contributed by atoms with van der Waals surface area (Å²) in [5.41, 5.74) is -0.0771. The van der Waals surface area contributed by atoms with Crippen LogP contribution in [-0.4, -0.2) is 65.3 Å². The molecule has 2 aliphatic heterocycles. The second kappa shape index (κ2) is 8.34. The van der Waals surface area contributed by atoms with Crippen LogP contribution in [0.3, 0.4) is 0 Å². The maximum atomic E-state index is 11.8. The van der Waals surface area contributed by atoms with E-state index in [0.717, 1.165) is 38.4 Å². The molecule has 0 aromatic carbocycles. The van der Waals surface area contributed by atoms with Gasteiger partial charge in [0.25, 0.3) is 0 Å². The summed E-state index contributed by atoms with van der Waals surface area (Å²) < 4.78 is 5.58. The molecule has 28 heavy (non-hydrogen) atoms. The molecule has 0 radical (unpaired) electrons. The minimum Gasteiger partial charge on any atom is -0.376 e. The number of ether oxygens (including phenoxy) is 1. The number of nitrogens with one attached hydrogen (secondary N) is 1. The van der Waals surface area contributed by atoms with Crippen molar-refractivity contribution in [1.29, 1.82) is 0 Å². The van der Waals surface area contributed by atoms with E-state index in [4.69, 9.17) is 4.74 Å². The van der Waals surface area contributed by atoms with Crippen LogP contribution in [0.5, 0.6) is 0 Å². The van der Waals surface area contributed by atoms with E-state index >= 15 is 0 Å². The van der Waals surface area contributed by atoms with Crippen LogP contribution in [0, 0.1) is 10.1 Å². The minimum absolute atomic E-state index is 0.0694. The Morgan fingerprint density at radius 2 is 2.00 bits per heavy atom. The third-order valence-corrected chi connectivity index (χ3v) is 5.06. The molecule has 148 valence electrons. The lowest BCUT2D eigenvalue weighted by atomic mass is 10.2. The Bertz CT molecular complexity index is 806. The molecule has 10 nitrogen and oxygen atoms in total. The first-order valence-electron chi connectivity index (χ1n) is 9.48. The van der Waals surface area contributed by atoms with Gasteiger partial charge in [-0.1, -0.05) is 6.07 Å². The highest BCUT2D eigenvalue weighted by Crippen LogP contribution is 2.32. The van der Waals surface area contributed by atoms with Gasteiger partial charge in [0, 0.05) is 45.5 Å². The van der Waals surface area contributed by atoms with E-state index < -0.39 is 4.92 Å². The lowest BCUT2D eigenvalue weighted by Crippen LogP contribution is -2.47. The fourth-order valence-corrected chi connectivity index (χ4v) is 3.60. The molecule has 2 saturated heterocycles. The number of nitrogens with zero attached hydrogens (tertiary/aromatic N) is 6. The van der Waals surface area contributed by atoms with E-state index in [1.165, 1.54) is 6.33 Å². The van der Waals surface area contributed by atoms with Gasteiger partial charge in [-0.2, -0.15) is 0 Å². The first-order valence-corrected chi connectivity index (χ1v) is 9.48. The Kier molecular flexibility index (Phi) is 5.47. The molecule has 0 bridgehead atoms. The van der Waals surface area contributed by atoms with Crippen molar-refractivity contribution >= 4 is 23.1 Å². The van der Waals surface area contributed by atoms with E-state index in [0.29, 0.717) is 25.5 Å². The van der Waals surface area contributed by atoms with Gasteiger partial charge in [0.2, 0.25) is 11.6 Å². The number of aromatic nitrogens is 3. The lowest BCUT2D eigenvalue weighted by Gasteiger charge is -2.35. The molecule has 4 heterocycles. The average molecular weight is 385 g/mol. The molecule has 1 unspecified atom stereocenters. The molecule has 0 amide bonds. The van der Waals surface area contributed by atoms with E-state index in [1.807, 2.05) is 23.1 Å². The van der Waals surface area contributed by atoms with Gasteiger partial charge in [-0.3, -0.25) is 10.1 Å². The number of hydrogen-bond acceptors (Lipinski definition) is 9. The molecule has 4 rings (SSSR count). The van der Waals surface area contributed by atoms with Gasteiger partial charge in [-0.05, 0) is 25.0 Å². The number of pyridine rings is 1. The summed E-state index contributed by atoms with van der Waals surface area (Å²) in [4.78, 5) is 28.2. The first-order chi connectivity index (χ1) is 13.7. The Balaban J connectivity index is 1.48. The summed E-state index contributed by atoms with van der Waals surface area (Å²) in [6, 6.07) is 5.81. The van der Waals surface area contributed by atoms with Crippen molar-refractivity contribution in [1.82, 2.24) is 15.0 Å². The normalized spacial score (nSPS) is 19.6. The highest BCUT2D eigenvalue weighted by molar-refractivity contribution is 5.70. The molecule has 0 saturated carbocycles. The zero-order valence-corrected chi connectivity index (χ0v) is 15.5. The summed E-state index contributed by atoms with van der Waals surface area (Å²) >= 11 is 0. The predicted octanol–water partition coefficient (Wildman–Crippen LogP) is 1.70. The second-order valence-electron chi connectivity index (χ2n) is 6.83. The zero-order valence-electron chi connectivity index (χ0n) is 15.5. The number of rotatable bonds is 6. The van der Waals surface area contributed by atoms with Crippen LogP contribution in [0.4, 0.5) is 23.1 Å². The quantitative estimate of drug-likeness (QED) is 0.587. The van der Waals surface area contributed by atoms with Crippen molar-refractivity contribution in [3.05, 3.63) is 40.8 Å². The molecule has 1 N–H and O–H groups in total. The van der Waals surface area contributed by atoms with Gasteiger partial charge >= 0.3 is 5.69 Å². The monoisotopic (exact) mass is 385 g/mol. The first kappa shape index (κ1) is 18.4. The maximum Gasteiger partial charge on any atom is 0.353 e. The van der Waals surface area contributed by atoms with Gasteiger partial charge in [0.05, 0.1) is 11.0 Å². The molecule has 2 fully saturated rings. The predicted molar refractivity (Wildman–Crippen MR) is 105 cm³/mol. The fraction of sp³-hybridized carbons (Fsp3) is 0.500. The lowest BCUT2D eigenvalue weighted by molar-refractivity contribution is -0.383. The summed E-state index contributed by atoms with van der Waals surface area (Å²) in [5, 5.41) is 14.9. The molecule has 2 aromatic heterocycles. The Morgan fingerprint density at radius 3 is 2.68 bits per heavy atom. The van der Waals surface area contributed by atoms with E-state index in [9.17, 15) is 10.1 Å². The summed E-state index contributed by atoms with van der Waals surface area (Å²) in [5.74, 6) is 1.52. The third kappa shape index (κ3) is 3.96. The molecular formula is C18H23N7O3. The molecule has 2 aliphatic rings. The van der Waals surface area contributed by atoms with Gasteiger partial charge < -0.3 is 19.9 Å². The fourth-order valence-electron chi connectivity index (χ4n) is 3.60. The Morgan fingerprint density at radius 1 is 1.18 bits per heavy atom. The average Bonchev–Trinajstić information content (AvgIpc) is 3.26. The third-order valence-electron chi connectivity index (χ3n) is 5.06. The molecule has 10 heteroatoms. The van der Waals surface area contributed by atoms with Gasteiger partial charge in [-0.15, -0.1) is 0 Å². The van der Waals surface area contributed by atoms with Crippen LogP contribution in [0.25, 0.3) is 0 Å². The molecule has 2 aromatic rings. The topological polar surface area (TPSA) is 110 Å². The highest BCUT2D eigenvalue weighted by atomic mass is 16.6. The summed E-state index contributed by atoms with van der Waals surface area (Å²) in [7, 11) is 0. The van der Waals surface area contributed by atoms with Crippen LogP contribution in [0.1, 0.15) is 12.8 Å². The summed E-state index contributed by atoms with van der Waals surface area (Å²) in [6.45, 7) is 3.93. The summed E-state index contributed by atoms with van der Waals surface area (Å²) in [6.07, 6.45) is 5.19. The number of nitro groups is 1. The van der Waals surface area contributed by atoms with Crippen molar-refractivity contribution in [2.75, 3.05) is 54.4 Å². The van der Waals surface area contributed by atoms with Crippen LogP contribution in [0.15, 0.2) is 30.7 Å². The van der Waals surface area contributed by atoms with Crippen LogP contribution < -0.4 is 15.1 Å². The Hall–Kier alpha value is -3.01. The maximum absolute atomic E-state index is 11.8. The molecule has 1 atom stereocenters. The molecule has 0 aliphatic carbocycles. The van der Waals surface area contributed by atoms with Crippen molar-refractivity contribution in [3.63, 3.8) is 0 Å². The largest absolute Gasteiger partial charge is 0.376 e. The minimum atomic E-state index is -0.404. The number of hydrogen-bond donors (Lipinski definition) is 1. The Labute approximate surface area is 162 Å². The van der Waals surface area contributed by atoms with Crippen molar-refractivity contribution in [2.24, 2.45) is 0 Å². The molecular weight excluding hydrogens is 362 g/mol. The van der Waals surface area contributed by atoms with Crippen LogP contribution in [-0.2, 0) is 4.74 Å². The van der Waals surface area contributed by atoms with Gasteiger partial charge in [0.1, 0.15) is 12.1 Å². The van der Waals surface area contributed by atoms with E-state index in [1.54, 1.807) is 6.20 Å². The van der Waals surface area contributed by atoms with Gasteiger partial charge in [-0.25, -0.2) is 15.0 Å². The van der Waals surface area contributed by atoms with Crippen molar-refractivity contribution < 1.29 is 9.66 Å².